The molecule has 0 spiro atoms. The number of nitrogens with one attached hydrogen (secondary N) is 3. The molecule has 3 N–H and O–H groups in total. The first kappa shape index (κ1) is 28.5. The Bertz CT molecular complexity index is 1160. The molecule has 3 amide bonds. The molecule has 2 fully saturated rings. The van der Waals surface area contributed by atoms with Gasteiger partial charge in [-0.25, -0.2) is 4.98 Å². The minimum absolute atomic E-state index is 0.168. The van der Waals surface area contributed by atoms with Crippen LogP contribution in [0.3, 0.4) is 0 Å². The summed E-state index contributed by atoms with van der Waals surface area (Å²) in [4.78, 5) is 45.5. The number of hydrogen-bond acceptors (Lipinski definition) is 6. The molecule has 2 heterocycles. The van der Waals surface area contributed by atoms with Gasteiger partial charge in [0.25, 0.3) is 0 Å². The molecule has 38 heavy (non-hydrogen) atoms. The van der Waals surface area contributed by atoms with Gasteiger partial charge in [0, 0.05) is 42.6 Å². The van der Waals surface area contributed by atoms with Crippen LogP contribution >= 0.6 is 22.9 Å². The zero-order valence-electron chi connectivity index (χ0n) is 22.1. The van der Waals surface area contributed by atoms with E-state index in [1.807, 2.05) is 12.1 Å². The molecule has 10 heteroatoms. The van der Waals surface area contributed by atoms with Crippen LogP contribution in [0.2, 0.25) is 5.02 Å². The Balaban J connectivity index is 1.42. The monoisotopic (exact) mass is 559 g/mol. The van der Waals surface area contributed by atoms with E-state index in [4.69, 9.17) is 11.6 Å². The number of carbonyl (C=O) groups is 3. The van der Waals surface area contributed by atoms with Crippen LogP contribution in [0.1, 0.15) is 56.9 Å². The molecular formula is C28H38ClN5O3S. The molecule has 2 aromatic rings. The number of amides is 3. The first-order chi connectivity index (χ1) is 18.3. The number of halogens is 1. The molecule has 0 bridgehead atoms. The second kappa shape index (κ2) is 13.5. The summed E-state index contributed by atoms with van der Waals surface area (Å²) in [6, 6.07) is 4.52. The maximum Gasteiger partial charge on any atom is 0.247 e. The van der Waals surface area contributed by atoms with Crippen LogP contribution in [0.15, 0.2) is 30.4 Å². The zero-order valence-corrected chi connectivity index (χ0v) is 23.6. The van der Waals surface area contributed by atoms with Crippen LogP contribution in [-0.2, 0) is 20.8 Å². The zero-order chi connectivity index (χ0) is 27.1. The van der Waals surface area contributed by atoms with Gasteiger partial charge in [0.05, 0.1) is 15.2 Å². The lowest BCUT2D eigenvalue weighted by atomic mass is 9.97. The first-order valence-corrected chi connectivity index (χ1v) is 14.8. The van der Waals surface area contributed by atoms with Crippen molar-refractivity contribution in [3.63, 3.8) is 0 Å². The summed E-state index contributed by atoms with van der Waals surface area (Å²) < 4.78 is 0.939. The van der Waals surface area contributed by atoms with Crippen molar-refractivity contribution in [2.45, 2.75) is 70.4 Å². The van der Waals surface area contributed by atoms with Gasteiger partial charge in [-0.05, 0) is 62.9 Å². The second-order valence-electron chi connectivity index (χ2n) is 10.4. The van der Waals surface area contributed by atoms with Crippen molar-refractivity contribution in [3.8, 4) is 0 Å². The molecule has 1 aliphatic carbocycles. The van der Waals surface area contributed by atoms with Gasteiger partial charge in [-0.1, -0.05) is 37.9 Å². The number of likely N-dealkylation sites (tertiary alicyclic amines) is 1. The van der Waals surface area contributed by atoms with E-state index in [9.17, 15) is 14.4 Å². The number of hydrogen-bond donors (Lipinski definition) is 3. The van der Waals surface area contributed by atoms with Crippen LogP contribution in [-0.4, -0.2) is 65.9 Å². The lowest BCUT2D eigenvalue weighted by Gasteiger charge is -2.28. The average Bonchev–Trinajstić information content (AvgIpc) is 3.67. The first-order valence-electron chi connectivity index (χ1n) is 13.7. The maximum absolute atomic E-state index is 13.5. The van der Waals surface area contributed by atoms with Crippen LogP contribution in [0.25, 0.3) is 10.2 Å². The molecule has 4 rings (SSSR count). The highest BCUT2D eigenvalue weighted by Gasteiger charge is 2.31. The lowest BCUT2D eigenvalue weighted by Crippen LogP contribution is -2.54. The molecule has 1 aromatic heterocycles. The second-order valence-corrected chi connectivity index (χ2v) is 11.9. The summed E-state index contributed by atoms with van der Waals surface area (Å²) in [5, 5.41) is 10.4. The molecular weight excluding hydrogens is 522 g/mol. The number of benzene rings is 1. The minimum atomic E-state index is -0.761. The molecule has 1 aliphatic heterocycles. The fourth-order valence-corrected chi connectivity index (χ4v) is 6.59. The van der Waals surface area contributed by atoms with Crippen molar-refractivity contribution in [3.05, 3.63) is 40.4 Å². The lowest BCUT2D eigenvalue weighted by molar-refractivity contribution is -0.129. The Morgan fingerprint density at radius 3 is 2.61 bits per heavy atom. The summed E-state index contributed by atoms with van der Waals surface area (Å²) in [6.45, 7) is 8.66. The summed E-state index contributed by atoms with van der Waals surface area (Å²) in [6.07, 6.45) is 7.09. The molecule has 1 aromatic carbocycles. The molecule has 2 aliphatic rings. The number of rotatable bonds is 12. The number of carbonyl (C=O) groups excluding carboxylic acids is 3. The van der Waals surface area contributed by atoms with Gasteiger partial charge in [-0.3, -0.25) is 19.3 Å². The van der Waals surface area contributed by atoms with E-state index in [0.29, 0.717) is 23.7 Å². The number of nitrogens with zero attached hydrogens (tertiary/aromatic N) is 2. The van der Waals surface area contributed by atoms with E-state index in [1.54, 1.807) is 13.0 Å². The van der Waals surface area contributed by atoms with Crippen LogP contribution in [0.5, 0.6) is 0 Å². The predicted molar refractivity (Wildman–Crippen MR) is 152 cm³/mol. The van der Waals surface area contributed by atoms with Crippen molar-refractivity contribution in [2.75, 3.05) is 26.2 Å². The van der Waals surface area contributed by atoms with Crippen molar-refractivity contribution in [1.29, 1.82) is 0 Å². The quantitative estimate of drug-likeness (QED) is 0.343. The highest BCUT2D eigenvalue weighted by atomic mass is 35.5. The summed E-state index contributed by atoms with van der Waals surface area (Å²) in [5.74, 6) is -0.347. The molecule has 8 nitrogen and oxygen atoms in total. The summed E-state index contributed by atoms with van der Waals surface area (Å²) >= 11 is 7.59. The summed E-state index contributed by atoms with van der Waals surface area (Å²) in [5.41, 5.74) is 1.36. The Morgan fingerprint density at radius 1 is 1.16 bits per heavy atom. The Labute approximate surface area is 233 Å². The van der Waals surface area contributed by atoms with Crippen molar-refractivity contribution < 1.29 is 14.4 Å². The maximum atomic E-state index is 13.5. The van der Waals surface area contributed by atoms with Gasteiger partial charge < -0.3 is 16.0 Å². The molecule has 2 atom stereocenters. The number of aromatic nitrogens is 1. The molecule has 1 saturated heterocycles. The van der Waals surface area contributed by atoms with Crippen molar-refractivity contribution in [1.82, 2.24) is 25.8 Å². The van der Waals surface area contributed by atoms with E-state index in [2.05, 4.69) is 32.4 Å². The van der Waals surface area contributed by atoms with Crippen LogP contribution in [0.4, 0.5) is 0 Å². The van der Waals surface area contributed by atoms with Crippen LogP contribution in [0, 0.1) is 5.92 Å². The Kier molecular flexibility index (Phi) is 10.2. The highest BCUT2D eigenvalue weighted by molar-refractivity contribution is 7.18. The van der Waals surface area contributed by atoms with Gasteiger partial charge in [-0.15, -0.1) is 11.3 Å². The fraction of sp³-hybridized carbons (Fsp3) is 0.571. The highest BCUT2D eigenvalue weighted by Crippen LogP contribution is 2.28. The van der Waals surface area contributed by atoms with Gasteiger partial charge in [0.2, 0.25) is 17.7 Å². The van der Waals surface area contributed by atoms with Crippen molar-refractivity contribution in [2.24, 2.45) is 5.92 Å². The van der Waals surface area contributed by atoms with E-state index >= 15 is 0 Å². The topological polar surface area (TPSA) is 103 Å². The molecule has 0 unspecified atom stereocenters. The molecule has 0 radical (unpaired) electrons. The van der Waals surface area contributed by atoms with Gasteiger partial charge in [0.1, 0.15) is 6.04 Å². The third kappa shape index (κ3) is 7.77. The predicted octanol–water partition coefficient (Wildman–Crippen LogP) is 3.83. The third-order valence-corrected chi connectivity index (χ3v) is 8.74. The van der Waals surface area contributed by atoms with E-state index in [-0.39, 0.29) is 42.5 Å². The summed E-state index contributed by atoms with van der Waals surface area (Å²) in [7, 11) is 0. The fourth-order valence-electron chi connectivity index (χ4n) is 5.30. The van der Waals surface area contributed by atoms with Crippen molar-refractivity contribution >= 4 is 50.9 Å². The molecule has 1 saturated carbocycles. The van der Waals surface area contributed by atoms with Crippen LogP contribution < -0.4 is 16.0 Å². The molecule has 206 valence electrons. The van der Waals surface area contributed by atoms with Gasteiger partial charge in [-0.2, -0.15) is 0 Å². The van der Waals surface area contributed by atoms with E-state index < -0.39 is 6.04 Å². The van der Waals surface area contributed by atoms with Gasteiger partial charge >= 0.3 is 0 Å². The normalized spacial score (nSPS) is 17.8. The minimum Gasteiger partial charge on any atom is -0.350 e. The SMILES string of the molecule is C=C(CN1CCCC1)C(=O)NC[C@@H](NC(=O)[C@H](Cc1nc2ccc(Cl)cc2s1)NC(=O)CC)C1CCCC1. The number of fused-ring (bicyclic) bond motifs is 1. The Hall–Kier alpha value is -2.49. The third-order valence-electron chi connectivity index (χ3n) is 7.46. The smallest absolute Gasteiger partial charge is 0.247 e. The largest absolute Gasteiger partial charge is 0.350 e. The standard InChI is InChI=1S/C28H38ClN5O3S/c1-3-25(35)31-22(15-26-32-21-11-10-20(29)14-24(21)38-26)28(37)33-23(19-8-4-5-9-19)16-30-27(36)18(2)17-34-12-6-7-13-34/h10-11,14,19,22-23H,2-9,12-13,15-17H2,1H3,(H,30,36)(H,31,35)(H,33,37)/t22-,23+/m0/s1. The number of thiazole rings is 1. The van der Waals surface area contributed by atoms with E-state index in [1.165, 1.54) is 11.3 Å². The average molecular weight is 560 g/mol. The van der Waals surface area contributed by atoms with E-state index in [0.717, 1.165) is 66.8 Å². The van der Waals surface area contributed by atoms with Gasteiger partial charge in [0.15, 0.2) is 0 Å². The Morgan fingerprint density at radius 2 is 1.89 bits per heavy atom.